The Kier molecular flexibility index (Phi) is 6.45. The molecule has 1 aliphatic carbocycles. The molecule has 3 aromatic carbocycles. The van der Waals surface area contributed by atoms with E-state index in [2.05, 4.69) is 31.5 Å². The molecular weight excluding hydrogens is 519 g/mol. The number of anilines is 2. The second kappa shape index (κ2) is 10.1. The number of aliphatic imine (C=N–C) groups is 1. The van der Waals surface area contributed by atoms with Crippen molar-refractivity contribution in [3.05, 3.63) is 77.6 Å². The number of benzene rings is 3. The third-order valence-corrected chi connectivity index (χ3v) is 7.48. The van der Waals surface area contributed by atoms with Crippen molar-refractivity contribution in [2.24, 2.45) is 10.9 Å². The van der Waals surface area contributed by atoms with Gasteiger partial charge in [0, 0.05) is 24.5 Å². The average Bonchev–Trinajstić information content (AvgIpc) is 3.54. The van der Waals surface area contributed by atoms with E-state index < -0.39 is 17.4 Å². The van der Waals surface area contributed by atoms with E-state index in [4.69, 9.17) is 4.74 Å². The highest BCUT2D eigenvalue weighted by atomic mass is 32.1. The average molecular weight is 545 g/mol. The van der Waals surface area contributed by atoms with Gasteiger partial charge in [-0.2, -0.15) is 0 Å². The fraction of sp³-hybridized carbons (Fsp3) is 0.214. The molecule has 1 saturated carbocycles. The first-order valence-electron chi connectivity index (χ1n) is 12.5. The first-order chi connectivity index (χ1) is 18.9. The zero-order chi connectivity index (χ0) is 27.0. The Morgan fingerprint density at radius 3 is 2.59 bits per heavy atom. The molecule has 198 valence electrons. The van der Waals surface area contributed by atoms with Crippen LogP contribution in [0.25, 0.3) is 10.2 Å². The predicted octanol–water partition coefficient (Wildman–Crippen LogP) is 4.90. The minimum absolute atomic E-state index is 0.00124. The molecule has 11 heteroatoms. The summed E-state index contributed by atoms with van der Waals surface area (Å²) in [5.74, 6) is -0.184. The monoisotopic (exact) mass is 544 g/mol. The van der Waals surface area contributed by atoms with Gasteiger partial charge in [-0.25, -0.2) is 19.8 Å². The second-order valence-electron chi connectivity index (χ2n) is 9.66. The van der Waals surface area contributed by atoms with E-state index in [9.17, 15) is 14.0 Å². The lowest BCUT2D eigenvalue weighted by Gasteiger charge is -2.25. The Morgan fingerprint density at radius 2 is 1.85 bits per heavy atom. The number of aryl methyl sites for hydroxylation is 1. The van der Waals surface area contributed by atoms with Crippen LogP contribution in [0.2, 0.25) is 0 Å². The van der Waals surface area contributed by atoms with Crippen LogP contribution in [0, 0.1) is 18.7 Å². The summed E-state index contributed by atoms with van der Waals surface area (Å²) < 4.78 is 21.6. The number of nitrogens with zero attached hydrogens (tertiary/aromatic N) is 2. The smallest absolute Gasteiger partial charge is 0.269 e. The molecule has 2 aliphatic rings. The van der Waals surface area contributed by atoms with E-state index >= 15 is 0 Å². The summed E-state index contributed by atoms with van der Waals surface area (Å²) in [6.07, 6.45) is 3.51. The Hall–Kier alpha value is -4.35. The summed E-state index contributed by atoms with van der Waals surface area (Å²) in [6, 6.07) is 17.3. The van der Waals surface area contributed by atoms with Crippen molar-refractivity contribution in [3.63, 3.8) is 0 Å². The molecule has 1 fully saturated rings. The number of carbonyl (C=O) groups is 2. The fourth-order valence-electron chi connectivity index (χ4n) is 4.21. The Bertz CT molecular complexity index is 1600. The summed E-state index contributed by atoms with van der Waals surface area (Å²) in [5.41, 5.74) is 7.02. The van der Waals surface area contributed by atoms with Gasteiger partial charge in [0.1, 0.15) is 17.3 Å². The lowest BCUT2D eigenvalue weighted by Crippen LogP contribution is -2.55. The maximum Gasteiger partial charge on any atom is 0.269 e. The fourth-order valence-corrected chi connectivity index (χ4v) is 5.11. The minimum Gasteiger partial charge on any atom is -0.457 e. The molecule has 0 radical (unpaired) electrons. The highest BCUT2D eigenvalue weighted by molar-refractivity contribution is 7.22. The lowest BCUT2D eigenvalue weighted by molar-refractivity contribution is -0.122. The largest absolute Gasteiger partial charge is 0.457 e. The van der Waals surface area contributed by atoms with Gasteiger partial charge < -0.3 is 20.8 Å². The highest BCUT2D eigenvalue weighted by Gasteiger charge is 2.40. The third kappa shape index (κ3) is 5.45. The molecule has 39 heavy (non-hydrogen) atoms. The van der Waals surface area contributed by atoms with Crippen molar-refractivity contribution in [2.75, 3.05) is 10.6 Å². The van der Waals surface area contributed by atoms with Gasteiger partial charge >= 0.3 is 0 Å². The number of hydrogen-bond acceptors (Lipinski definition) is 8. The third-order valence-electron chi connectivity index (χ3n) is 6.54. The number of fused-ring (bicyclic) bond motifs is 1. The van der Waals surface area contributed by atoms with E-state index in [1.807, 2.05) is 31.2 Å². The van der Waals surface area contributed by atoms with Gasteiger partial charge in [0.15, 0.2) is 5.13 Å². The first kappa shape index (κ1) is 25.0. The van der Waals surface area contributed by atoms with E-state index in [-0.39, 0.29) is 23.9 Å². The van der Waals surface area contributed by atoms with Crippen LogP contribution in [0.15, 0.2) is 65.7 Å². The van der Waals surface area contributed by atoms with Crippen LogP contribution < -0.4 is 26.2 Å². The van der Waals surface area contributed by atoms with Crippen LogP contribution in [0.3, 0.4) is 0 Å². The summed E-state index contributed by atoms with van der Waals surface area (Å²) in [6.45, 7) is 1.99. The van der Waals surface area contributed by atoms with Crippen LogP contribution >= 0.6 is 11.3 Å². The normalized spacial score (nSPS) is 18.1. The molecule has 1 unspecified atom stereocenters. The van der Waals surface area contributed by atoms with Gasteiger partial charge in [-0.3, -0.25) is 9.59 Å². The standard InChI is InChI=1S/C28H25FN6O3S/c1-16-2-4-17(5-3-16)14-28(30-15-31-35-28)26(37)32-23-12-19(8-10-21(23)29)38-20-9-11-22-24(13-20)39-27(33-22)34-25(36)18-6-7-18/h2-5,8-13,15,18,35H,6-7,14H2,1H3,(H,30,31)(H,32,37)(H,33,34,36). The van der Waals surface area contributed by atoms with Crippen molar-refractivity contribution in [3.8, 4) is 11.5 Å². The summed E-state index contributed by atoms with van der Waals surface area (Å²) in [4.78, 5) is 34.2. The Morgan fingerprint density at radius 1 is 1.08 bits per heavy atom. The number of aromatic nitrogens is 1. The molecule has 6 rings (SSSR count). The molecule has 1 aliphatic heterocycles. The van der Waals surface area contributed by atoms with Crippen LogP contribution in [0.5, 0.6) is 11.5 Å². The number of hydrazine groups is 1. The van der Waals surface area contributed by atoms with Crippen LogP contribution in [0.4, 0.5) is 15.2 Å². The molecular formula is C28H25FN6O3S. The molecule has 0 spiro atoms. The minimum atomic E-state index is -1.34. The quantitative estimate of drug-likeness (QED) is 0.251. The van der Waals surface area contributed by atoms with Crippen molar-refractivity contribution in [1.82, 2.24) is 15.8 Å². The number of ether oxygens (including phenoxy) is 1. The number of amides is 2. The molecule has 4 N–H and O–H groups in total. The SMILES string of the molecule is Cc1ccc(CC2(C(=O)Nc3cc(Oc4ccc5nc(NC(=O)C6CC6)sc5c4)ccc3F)N=CNN2)cc1. The number of rotatable bonds is 8. The Labute approximate surface area is 227 Å². The number of hydrogen-bond donors (Lipinski definition) is 4. The topological polar surface area (TPSA) is 117 Å². The van der Waals surface area contributed by atoms with Gasteiger partial charge in [0.05, 0.1) is 22.2 Å². The van der Waals surface area contributed by atoms with Crippen LogP contribution in [-0.2, 0) is 16.0 Å². The lowest BCUT2D eigenvalue weighted by atomic mass is 9.99. The summed E-state index contributed by atoms with van der Waals surface area (Å²) in [5, 5.41) is 6.07. The zero-order valence-electron chi connectivity index (χ0n) is 21.0. The van der Waals surface area contributed by atoms with Crippen LogP contribution in [-0.4, -0.2) is 28.8 Å². The maximum atomic E-state index is 14.7. The van der Waals surface area contributed by atoms with Crippen molar-refractivity contribution in [1.29, 1.82) is 0 Å². The maximum absolute atomic E-state index is 14.7. The van der Waals surface area contributed by atoms with Crippen molar-refractivity contribution in [2.45, 2.75) is 31.8 Å². The molecule has 4 aromatic rings. The van der Waals surface area contributed by atoms with E-state index in [0.29, 0.717) is 16.6 Å². The molecule has 0 bridgehead atoms. The molecule has 2 heterocycles. The number of nitrogens with one attached hydrogen (secondary N) is 4. The molecule has 2 amide bonds. The second-order valence-corrected chi connectivity index (χ2v) is 10.7. The first-order valence-corrected chi connectivity index (χ1v) is 13.3. The summed E-state index contributed by atoms with van der Waals surface area (Å²) in [7, 11) is 0. The van der Waals surface area contributed by atoms with E-state index in [0.717, 1.165) is 34.2 Å². The number of halogens is 1. The molecule has 1 aromatic heterocycles. The van der Waals surface area contributed by atoms with Gasteiger partial charge in [-0.1, -0.05) is 41.2 Å². The van der Waals surface area contributed by atoms with Crippen LogP contribution in [0.1, 0.15) is 24.0 Å². The van der Waals surface area contributed by atoms with E-state index in [1.54, 1.807) is 18.2 Å². The van der Waals surface area contributed by atoms with Gasteiger partial charge in [-0.05, 0) is 49.6 Å². The molecule has 1 atom stereocenters. The summed E-state index contributed by atoms with van der Waals surface area (Å²) >= 11 is 1.36. The highest BCUT2D eigenvalue weighted by Crippen LogP contribution is 2.35. The van der Waals surface area contributed by atoms with E-state index in [1.165, 1.54) is 35.9 Å². The zero-order valence-corrected chi connectivity index (χ0v) is 21.8. The molecule has 0 saturated heterocycles. The molecule has 9 nitrogen and oxygen atoms in total. The van der Waals surface area contributed by atoms with Gasteiger partial charge in [-0.15, -0.1) is 0 Å². The van der Waals surface area contributed by atoms with Gasteiger partial charge in [0.25, 0.3) is 5.91 Å². The number of carbonyl (C=O) groups excluding carboxylic acids is 2. The van der Waals surface area contributed by atoms with Crippen molar-refractivity contribution < 1.29 is 18.7 Å². The predicted molar refractivity (Wildman–Crippen MR) is 148 cm³/mol. The van der Waals surface area contributed by atoms with Crippen molar-refractivity contribution >= 4 is 50.5 Å². The Balaban J connectivity index is 1.18. The van der Waals surface area contributed by atoms with Gasteiger partial charge in [0.2, 0.25) is 11.6 Å². The number of thiazole rings is 1.